The van der Waals surface area contributed by atoms with Gasteiger partial charge in [0, 0.05) is 26.0 Å². The van der Waals surface area contributed by atoms with Gasteiger partial charge in [-0.15, -0.1) is 0 Å². The van der Waals surface area contributed by atoms with Crippen LogP contribution < -0.4 is 15.4 Å². The van der Waals surface area contributed by atoms with Crippen molar-refractivity contribution in [2.45, 2.75) is 19.9 Å². The van der Waals surface area contributed by atoms with Gasteiger partial charge < -0.3 is 15.4 Å². The van der Waals surface area contributed by atoms with Gasteiger partial charge in [-0.25, -0.2) is 0 Å². The number of anilines is 2. The van der Waals surface area contributed by atoms with Crippen LogP contribution in [0.5, 0.6) is 6.01 Å². The molecule has 7 heteroatoms. The summed E-state index contributed by atoms with van der Waals surface area (Å²) >= 11 is 0. The number of rotatable bonds is 7. The molecule has 0 spiro atoms. The number of hydrogen-bond donors (Lipinski definition) is 2. The molecule has 2 heterocycles. The average molecular weight is 274 g/mol. The predicted molar refractivity (Wildman–Crippen MR) is 76.7 cm³/mol. The largest absolute Gasteiger partial charge is 0.463 e. The number of ether oxygens (including phenoxy) is 1. The number of hydrogen-bond acceptors (Lipinski definition) is 7. The van der Waals surface area contributed by atoms with Crippen LogP contribution in [0.15, 0.2) is 24.5 Å². The fraction of sp³-hybridized carbons (Fsp3) is 0.385. The second-order valence-electron chi connectivity index (χ2n) is 4.07. The molecule has 0 aliphatic carbocycles. The van der Waals surface area contributed by atoms with Gasteiger partial charge in [-0.1, -0.05) is 6.92 Å². The van der Waals surface area contributed by atoms with E-state index in [-0.39, 0.29) is 0 Å². The molecular formula is C13H18N6O. The highest BCUT2D eigenvalue weighted by Crippen LogP contribution is 2.12. The zero-order chi connectivity index (χ0) is 14.2. The van der Waals surface area contributed by atoms with Gasteiger partial charge in [0.15, 0.2) is 0 Å². The Labute approximate surface area is 117 Å². The first kappa shape index (κ1) is 14.0. The van der Waals surface area contributed by atoms with Crippen LogP contribution in [0.25, 0.3) is 0 Å². The van der Waals surface area contributed by atoms with Gasteiger partial charge in [-0.3, -0.25) is 4.98 Å². The van der Waals surface area contributed by atoms with E-state index < -0.39 is 0 Å². The van der Waals surface area contributed by atoms with Crippen molar-refractivity contribution in [3.63, 3.8) is 0 Å². The van der Waals surface area contributed by atoms with Crippen molar-refractivity contribution in [3.8, 4) is 6.01 Å². The molecule has 2 rings (SSSR count). The standard InChI is InChI=1S/C13H18N6O/c1-3-8-20-13-18-11(14-2)17-12(19-13)16-9-10-4-6-15-7-5-10/h4-7H,3,8-9H2,1-2H3,(H2,14,16,17,18,19). The summed E-state index contributed by atoms with van der Waals surface area (Å²) in [4.78, 5) is 16.6. The SMILES string of the molecule is CCCOc1nc(NC)nc(NCc2ccncc2)n1. The Morgan fingerprint density at radius 1 is 1.10 bits per heavy atom. The maximum Gasteiger partial charge on any atom is 0.323 e. The third kappa shape index (κ3) is 4.04. The van der Waals surface area contributed by atoms with Crippen molar-refractivity contribution >= 4 is 11.9 Å². The van der Waals surface area contributed by atoms with Crippen LogP contribution in [0.2, 0.25) is 0 Å². The van der Waals surface area contributed by atoms with Crippen LogP contribution in [-0.2, 0) is 6.54 Å². The van der Waals surface area contributed by atoms with E-state index in [4.69, 9.17) is 4.74 Å². The highest BCUT2D eigenvalue weighted by molar-refractivity contribution is 5.36. The average Bonchev–Trinajstić information content (AvgIpc) is 2.51. The van der Waals surface area contributed by atoms with Crippen LogP contribution >= 0.6 is 0 Å². The summed E-state index contributed by atoms with van der Waals surface area (Å²) in [6.45, 7) is 3.22. The summed E-state index contributed by atoms with van der Waals surface area (Å²) < 4.78 is 5.44. The second kappa shape index (κ2) is 7.22. The highest BCUT2D eigenvalue weighted by atomic mass is 16.5. The van der Waals surface area contributed by atoms with E-state index in [1.807, 2.05) is 19.1 Å². The monoisotopic (exact) mass is 274 g/mol. The fourth-order valence-electron chi connectivity index (χ4n) is 1.49. The van der Waals surface area contributed by atoms with Crippen molar-refractivity contribution < 1.29 is 4.74 Å². The van der Waals surface area contributed by atoms with Crippen molar-refractivity contribution in [3.05, 3.63) is 30.1 Å². The molecule has 0 bridgehead atoms. The van der Waals surface area contributed by atoms with E-state index >= 15 is 0 Å². The molecule has 0 fully saturated rings. The summed E-state index contributed by atoms with van der Waals surface area (Å²) in [6.07, 6.45) is 4.40. The van der Waals surface area contributed by atoms with Crippen LogP contribution in [0.1, 0.15) is 18.9 Å². The summed E-state index contributed by atoms with van der Waals surface area (Å²) in [5, 5.41) is 6.03. The zero-order valence-corrected chi connectivity index (χ0v) is 11.6. The van der Waals surface area contributed by atoms with Gasteiger partial charge in [0.25, 0.3) is 0 Å². The Bertz CT molecular complexity index is 534. The molecule has 2 N–H and O–H groups in total. The molecule has 106 valence electrons. The molecule has 0 aliphatic rings. The predicted octanol–water partition coefficient (Wildman–Crippen LogP) is 1.71. The molecule has 0 aliphatic heterocycles. The van der Waals surface area contributed by atoms with Crippen LogP contribution in [0, 0.1) is 0 Å². The van der Waals surface area contributed by atoms with Crippen molar-refractivity contribution in [1.29, 1.82) is 0 Å². The first-order valence-electron chi connectivity index (χ1n) is 6.51. The number of pyridine rings is 1. The van der Waals surface area contributed by atoms with Crippen molar-refractivity contribution in [2.24, 2.45) is 0 Å². The van der Waals surface area contributed by atoms with Gasteiger partial charge in [-0.2, -0.15) is 15.0 Å². The van der Waals surface area contributed by atoms with Crippen molar-refractivity contribution in [2.75, 3.05) is 24.3 Å². The first-order chi connectivity index (χ1) is 9.81. The normalized spacial score (nSPS) is 10.1. The van der Waals surface area contributed by atoms with Gasteiger partial charge in [0.05, 0.1) is 6.61 Å². The van der Waals surface area contributed by atoms with Gasteiger partial charge in [0.2, 0.25) is 11.9 Å². The zero-order valence-electron chi connectivity index (χ0n) is 11.6. The smallest absolute Gasteiger partial charge is 0.323 e. The Kier molecular flexibility index (Phi) is 5.05. The second-order valence-corrected chi connectivity index (χ2v) is 4.07. The van der Waals surface area contributed by atoms with E-state index in [1.54, 1.807) is 19.4 Å². The van der Waals surface area contributed by atoms with Gasteiger partial charge >= 0.3 is 6.01 Å². The third-order valence-corrected chi connectivity index (χ3v) is 2.47. The Balaban J connectivity index is 2.06. The number of nitrogens with one attached hydrogen (secondary N) is 2. The number of aromatic nitrogens is 4. The van der Waals surface area contributed by atoms with Crippen LogP contribution in [0.3, 0.4) is 0 Å². The molecular weight excluding hydrogens is 256 g/mol. The molecule has 0 unspecified atom stereocenters. The van der Waals surface area contributed by atoms with E-state index in [9.17, 15) is 0 Å². The molecule has 2 aromatic heterocycles. The Morgan fingerprint density at radius 3 is 2.55 bits per heavy atom. The fourth-order valence-corrected chi connectivity index (χ4v) is 1.49. The first-order valence-corrected chi connectivity index (χ1v) is 6.51. The van der Waals surface area contributed by atoms with E-state index in [1.165, 1.54) is 0 Å². The Morgan fingerprint density at radius 2 is 1.85 bits per heavy atom. The highest BCUT2D eigenvalue weighted by Gasteiger charge is 2.06. The molecule has 0 saturated carbocycles. The molecule has 2 aromatic rings. The lowest BCUT2D eigenvalue weighted by molar-refractivity contribution is 0.292. The lowest BCUT2D eigenvalue weighted by atomic mass is 10.3. The minimum Gasteiger partial charge on any atom is -0.463 e. The summed E-state index contributed by atoms with van der Waals surface area (Å²) in [7, 11) is 1.76. The Hall–Kier alpha value is -2.44. The molecule has 0 amide bonds. The van der Waals surface area contributed by atoms with Crippen LogP contribution in [0.4, 0.5) is 11.9 Å². The van der Waals surface area contributed by atoms with Crippen molar-refractivity contribution in [1.82, 2.24) is 19.9 Å². The molecule has 0 radical (unpaired) electrons. The molecule has 0 aromatic carbocycles. The molecule has 0 atom stereocenters. The number of nitrogens with zero attached hydrogens (tertiary/aromatic N) is 4. The molecule has 0 saturated heterocycles. The summed E-state index contributed by atoms with van der Waals surface area (Å²) in [6, 6.07) is 4.19. The summed E-state index contributed by atoms with van der Waals surface area (Å²) in [5.74, 6) is 0.954. The summed E-state index contributed by atoms with van der Waals surface area (Å²) in [5.41, 5.74) is 1.10. The van der Waals surface area contributed by atoms with E-state index in [2.05, 4.69) is 30.6 Å². The molecule has 20 heavy (non-hydrogen) atoms. The van der Waals surface area contributed by atoms with E-state index in [0.717, 1.165) is 12.0 Å². The maximum absolute atomic E-state index is 5.44. The van der Waals surface area contributed by atoms with Gasteiger partial charge in [0.1, 0.15) is 0 Å². The van der Waals surface area contributed by atoms with E-state index in [0.29, 0.717) is 31.1 Å². The molecule has 7 nitrogen and oxygen atoms in total. The topological polar surface area (TPSA) is 84.9 Å². The van der Waals surface area contributed by atoms with Gasteiger partial charge in [-0.05, 0) is 24.1 Å². The maximum atomic E-state index is 5.44. The lowest BCUT2D eigenvalue weighted by Crippen LogP contribution is -2.09. The third-order valence-electron chi connectivity index (χ3n) is 2.47. The lowest BCUT2D eigenvalue weighted by Gasteiger charge is -2.09. The quantitative estimate of drug-likeness (QED) is 0.795. The minimum atomic E-state index is 0.323. The minimum absolute atomic E-state index is 0.323. The van der Waals surface area contributed by atoms with Crippen LogP contribution in [-0.4, -0.2) is 33.6 Å².